The number of carbonyl (C=O) groups excluding carboxylic acids is 1. The molecule has 2 heterocycles. The number of nitrogens with zero attached hydrogens (tertiary/aromatic N) is 3. The van der Waals surface area contributed by atoms with Crippen molar-refractivity contribution in [2.45, 2.75) is 39.1 Å². The lowest BCUT2D eigenvalue weighted by Gasteiger charge is -2.35. The number of carboxylic acids is 1. The maximum atomic E-state index is 12.6. The van der Waals surface area contributed by atoms with Gasteiger partial charge in [-0.1, -0.05) is 12.1 Å². The van der Waals surface area contributed by atoms with Gasteiger partial charge in [-0.15, -0.1) is 0 Å². The first-order valence-electron chi connectivity index (χ1n) is 10.4. The number of carbonyl (C=O) groups is 2. The summed E-state index contributed by atoms with van der Waals surface area (Å²) in [6, 6.07) is 6.12. The predicted molar refractivity (Wildman–Crippen MR) is 108 cm³/mol. The number of aliphatic carboxylic acids is 1. The number of anilines is 1. The van der Waals surface area contributed by atoms with E-state index in [1.165, 1.54) is 4.90 Å². The van der Waals surface area contributed by atoms with Crippen molar-refractivity contribution >= 4 is 17.7 Å². The fraction of sp³-hybridized carbons (Fsp3) is 0.619. The first kappa shape index (κ1) is 23.2. The zero-order valence-electron chi connectivity index (χ0n) is 17.7. The Morgan fingerprint density at radius 2 is 1.87 bits per heavy atom. The Labute approximate surface area is 179 Å². The van der Waals surface area contributed by atoms with Crippen LogP contribution in [0, 0.1) is 12.8 Å². The maximum absolute atomic E-state index is 12.6. The zero-order valence-corrected chi connectivity index (χ0v) is 17.7. The Morgan fingerprint density at radius 1 is 1.19 bits per heavy atom. The third kappa shape index (κ3) is 5.81. The van der Waals surface area contributed by atoms with Gasteiger partial charge in [-0.3, -0.25) is 9.69 Å². The van der Waals surface area contributed by atoms with Crippen molar-refractivity contribution in [2.75, 3.05) is 44.2 Å². The molecule has 0 saturated carbocycles. The van der Waals surface area contributed by atoms with Crippen LogP contribution in [0.15, 0.2) is 18.2 Å². The third-order valence-electron chi connectivity index (χ3n) is 5.93. The SMILES string of the molecule is Cc1ccc(CN2CCN(C(=O)OC(C)C(F)(F)F)CC2)cc1N1CCC(C(=O)O)C1. The minimum absolute atomic E-state index is 0.300. The molecule has 0 radical (unpaired) electrons. The van der Waals surface area contributed by atoms with Gasteiger partial charge in [0, 0.05) is 51.5 Å². The summed E-state index contributed by atoms with van der Waals surface area (Å²) in [7, 11) is 0. The molecule has 2 saturated heterocycles. The van der Waals surface area contributed by atoms with Gasteiger partial charge in [-0.25, -0.2) is 4.79 Å². The van der Waals surface area contributed by atoms with Crippen molar-refractivity contribution in [1.82, 2.24) is 9.80 Å². The van der Waals surface area contributed by atoms with Crippen LogP contribution >= 0.6 is 0 Å². The van der Waals surface area contributed by atoms with E-state index in [4.69, 9.17) is 0 Å². The van der Waals surface area contributed by atoms with Crippen LogP contribution in [0.3, 0.4) is 0 Å². The van der Waals surface area contributed by atoms with Crippen LogP contribution < -0.4 is 4.90 Å². The second-order valence-electron chi connectivity index (χ2n) is 8.22. The number of halogens is 3. The lowest BCUT2D eigenvalue weighted by molar-refractivity contribution is -0.200. The average Bonchev–Trinajstić information content (AvgIpc) is 3.19. The Morgan fingerprint density at radius 3 is 2.45 bits per heavy atom. The maximum Gasteiger partial charge on any atom is 0.425 e. The molecule has 1 aromatic carbocycles. The molecule has 1 amide bonds. The lowest BCUT2D eigenvalue weighted by atomic mass is 10.1. The fourth-order valence-electron chi connectivity index (χ4n) is 3.91. The quantitative estimate of drug-likeness (QED) is 0.754. The first-order chi connectivity index (χ1) is 14.5. The summed E-state index contributed by atoms with van der Waals surface area (Å²) < 4.78 is 42.3. The molecule has 2 fully saturated rings. The number of ether oxygens (including phenoxy) is 1. The standard InChI is InChI=1S/C21H28F3N3O4/c1-14-3-4-16(11-18(14)27-6-5-17(13-27)19(28)29)12-25-7-9-26(10-8-25)20(30)31-15(2)21(22,23)24/h3-4,11,15,17H,5-10,12-13H2,1-2H3,(H,28,29). The molecule has 3 rings (SSSR count). The summed E-state index contributed by atoms with van der Waals surface area (Å²) in [5.41, 5.74) is 3.19. The van der Waals surface area contributed by atoms with Gasteiger partial charge in [0.1, 0.15) is 0 Å². The molecule has 2 unspecified atom stereocenters. The smallest absolute Gasteiger partial charge is 0.425 e. The highest BCUT2D eigenvalue weighted by atomic mass is 19.4. The number of rotatable bonds is 5. The second-order valence-corrected chi connectivity index (χ2v) is 8.22. The van der Waals surface area contributed by atoms with Crippen molar-refractivity contribution in [3.8, 4) is 0 Å². The van der Waals surface area contributed by atoms with Crippen molar-refractivity contribution in [1.29, 1.82) is 0 Å². The molecular formula is C21H28F3N3O4. The van der Waals surface area contributed by atoms with E-state index < -0.39 is 24.3 Å². The number of hydrogen-bond donors (Lipinski definition) is 1. The monoisotopic (exact) mass is 443 g/mol. The normalized spacial score (nSPS) is 21.3. The van der Waals surface area contributed by atoms with E-state index >= 15 is 0 Å². The van der Waals surface area contributed by atoms with Gasteiger partial charge < -0.3 is 19.6 Å². The third-order valence-corrected chi connectivity index (χ3v) is 5.93. The van der Waals surface area contributed by atoms with Crippen molar-refractivity contribution in [3.63, 3.8) is 0 Å². The molecule has 2 aliphatic rings. The number of benzene rings is 1. The summed E-state index contributed by atoms with van der Waals surface area (Å²) >= 11 is 0. The zero-order chi connectivity index (χ0) is 22.8. The number of amides is 1. The Hall–Kier alpha value is -2.49. The molecule has 172 valence electrons. The van der Waals surface area contributed by atoms with Crippen molar-refractivity contribution < 1.29 is 32.6 Å². The molecule has 7 nitrogen and oxygen atoms in total. The highest BCUT2D eigenvalue weighted by Gasteiger charge is 2.40. The molecule has 10 heteroatoms. The molecule has 0 bridgehead atoms. The molecule has 1 N–H and O–H groups in total. The highest BCUT2D eigenvalue weighted by molar-refractivity contribution is 5.72. The van der Waals surface area contributed by atoms with Gasteiger partial charge in [0.2, 0.25) is 0 Å². The minimum atomic E-state index is -4.57. The topological polar surface area (TPSA) is 73.3 Å². The molecule has 1 aromatic rings. The summed E-state index contributed by atoms with van der Waals surface area (Å²) in [6.07, 6.45) is -7.01. The van der Waals surface area contributed by atoms with E-state index in [1.807, 2.05) is 19.1 Å². The van der Waals surface area contributed by atoms with Crippen molar-refractivity contribution in [2.24, 2.45) is 5.92 Å². The van der Waals surface area contributed by atoms with Crippen LogP contribution in [0.5, 0.6) is 0 Å². The van der Waals surface area contributed by atoms with E-state index in [1.54, 1.807) is 0 Å². The summed E-state index contributed by atoms with van der Waals surface area (Å²) in [5.74, 6) is -1.12. The van der Waals surface area contributed by atoms with E-state index in [-0.39, 0.29) is 5.92 Å². The van der Waals surface area contributed by atoms with E-state index in [9.17, 15) is 27.9 Å². The molecular weight excluding hydrogens is 415 g/mol. The Bertz CT molecular complexity index is 810. The Kier molecular flexibility index (Phi) is 6.98. The average molecular weight is 443 g/mol. The fourth-order valence-corrected chi connectivity index (χ4v) is 3.91. The molecule has 0 spiro atoms. The van der Waals surface area contributed by atoms with Crippen LogP contribution in [0.25, 0.3) is 0 Å². The number of carboxylic acid groups (broad SMARTS) is 1. The van der Waals surface area contributed by atoms with E-state index in [0.717, 1.165) is 23.7 Å². The first-order valence-corrected chi connectivity index (χ1v) is 10.4. The van der Waals surface area contributed by atoms with E-state index in [0.29, 0.717) is 52.2 Å². The van der Waals surface area contributed by atoms with Crippen molar-refractivity contribution in [3.05, 3.63) is 29.3 Å². The van der Waals surface area contributed by atoms with Crippen LogP contribution in [0.1, 0.15) is 24.5 Å². The van der Waals surface area contributed by atoms with E-state index in [2.05, 4.69) is 20.6 Å². The molecule has 2 atom stereocenters. The number of alkyl halides is 3. The van der Waals surface area contributed by atoms with Gasteiger partial charge in [-0.05, 0) is 37.5 Å². The van der Waals surface area contributed by atoms with Crippen LogP contribution in [-0.4, -0.2) is 78.5 Å². The minimum Gasteiger partial charge on any atom is -0.481 e. The summed E-state index contributed by atoms with van der Waals surface area (Å²) in [5, 5.41) is 9.24. The number of aryl methyl sites for hydroxylation is 1. The summed E-state index contributed by atoms with van der Waals surface area (Å²) in [4.78, 5) is 28.8. The van der Waals surface area contributed by atoms with Crippen LogP contribution in [0.4, 0.5) is 23.7 Å². The molecule has 2 aliphatic heterocycles. The highest BCUT2D eigenvalue weighted by Crippen LogP contribution is 2.29. The number of piperazine rings is 1. The molecule has 0 aromatic heterocycles. The van der Waals surface area contributed by atoms with Gasteiger partial charge in [0.05, 0.1) is 5.92 Å². The molecule has 0 aliphatic carbocycles. The summed E-state index contributed by atoms with van der Waals surface area (Å²) in [6.45, 7) is 6.33. The lowest BCUT2D eigenvalue weighted by Crippen LogP contribution is -2.49. The Balaban J connectivity index is 1.54. The van der Waals surface area contributed by atoms with Gasteiger partial charge in [0.15, 0.2) is 6.10 Å². The second kappa shape index (κ2) is 9.33. The number of hydrogen-bond acceptors (Lipinski definition) is 5. The van der Waals surface area contributed by atoms with Gasteiger partial charge in [0.25, 0.3) is 0 Å². The molecule has 31 heavy (non-hydrogen) atoms. The van der Waals surface area contributed by atoms with Gasteiger partial charge in [-0.2, -0.15) is 13.2 Å². The predicted octanol–water partition coefficient (Wildman–Crippen LogP) is 3.11. The van der Waals surface area contributed by atoms with Crippen LogP contribution in [0.2, 0.25) is 0 Å². The van der Waals surface area contributed by atoms with Crippen LogP contribution in [-0.2, 0) is 16.1 Å². The largest absolute Gasteiger partial charge is 0.481 e. The van der Waals surface area contributed by atoms with Gasteiger partial charge >= 0.3 is 18.2 Å².